The molecule has 1 aliphatic heterocycles. The van der Waals surface area contributed by atoms with Crippen LogP contribution in [0.25, 0.3) is 11.8 Å². The number of rotatable bonds is 3. The van der Waals surface area contributed by atoms with Crippen LogP contribution < -0.4 is 4.74 Å². The number of ether oxygens (including phenoxy) is 1. The molecule has 2 aromatic rings. The van der Waals surface area contributed by atoms with Gasteiger partial charge in [-0.25, -0.2) is 9.29 Å². The first kappa shape index (κ1) is 18.6. The minimum atomic E-state index is 0.852. The number of hydrogen-bond acceptors (Lipinski definition) is 5. The second-order valence-corrected chi connectivity index (χ2v) is 6.21. The van der Waals surface area contributed by atoms with Crippen molar-refractivity contribution in [1.82, 2.24) is 13.9 Å². The number of aliphatic hydroxyl groups excluding tert-OH is 1. The highest BCUT2D eigenvalue weighted by atomic mass is 32.1. The lowest BCUT2D eigenvalue weighted by Gasteiger charge is -2.23. The quantitative estimate of drug-likeness (QED) is 0.838. The smallest absolute Gasteiger partial charge is 0.143 e. The molecule has 1 aromatic heterocycles. The third-order valence-corrected chi connectivity index (χ3v) is 4.21. The standard InChI is InChI=1S/C17H21N3OS.CH4O/c1-13-10-19(12-18-13)16-6-5-14(9-17(16)21-2)8-15-4-3-7-20(22)11-15;1-2/h5-6,8-10,12,22H,3-4,7,11H2,1-2H3;2H,1H3/b15-8+;. The van der Waals surface area contributed by atoms with Gasteiger partial charge in [0.15, 0.2) is 0 Å². The third-order valence-electron chi connectivity index (χ3n) is 3.86. The van der Waals surface area contributed by atoms with Crippen molar-refractivity contribution in [3.05, 3.63) is 47.6 Å². The van der Waals surface area contributed by atoms with E-state index in [1.54, 1.807) is 7.11 Å². The molecule has 0 aliphatic carbocycles. The Morgan fingerprint density at radius 1 is 1.33 bits per heavy atom. The highest BCUT2D eigenvalue weighted by molar-refractivity contribution is 7.77. The minimum Gasteiger partial charge on any atom is -0.495 e. The molecule has 0 unspecified atom stereocenters. The number of benzene rings is 1. The maximum Gasteiger partial charge on any atom is 0.143 e. The van der Waals surface area contributed by atoms with Gasteiger partial charge in [0.05, 0.1) is 24.8 Å². The molecule has 1 aromatic carbocycles. The van der Waals surface area contributed by atoms with E-state index in [0.29, 0.717) is 0 Å². The molecule has 0 saturated carbocycles. The average molecular weight is 347 g/mol. The van der Waals surface area contributed by atoms with Gasteiger partial charge < -0.3 is 14.4 Å². The maximum atomic E-state index is 7.00. The molecule has 5 nitrogen and oxygen atoms in total. The second kappa shape index (κ2) is 8.92. The monoisotopic (exact) mass is 347 g/mol. The van der Waals surface area contributed by atoms with Crippen molar-refractivity contribution in [3.8, 4) is 11.4 Å². The number of imidazole rings is 1. The lowest BCUT2D eigenvalue weighted by atomic mass is 10.0. The zero-order valence-electron chi connectivity index (χ0n) is 14.4. The number of aromatic nitrogens is 2. The number of methoxy groups -OCH3 is 1. The molecule has 0 atom stereocenters. The Hall–Kier alpha value is -1.76. The lowest BCUT2D eigenvalue weighted by Crippen LogP contribution is -2.22. The fourth-order valence-electron chi connectivity index (χ4n) is 2.78. The molecular formula is C18H25N3O2S. The van der Waals surface area contributed by atoms with E-state index in [1.165, 1.54) is 12.0 Å². The van der Waals surface area contributed by atoms with Crippen LogP contribution in [-0.4, -0.2) is 46.3 Å². The molecule has 1 fully saturated rings. The Morgan fingerprint density at radius 2 is 2.12 bits per heavy atom. The zero-order chi connectivity index (χ0) is 17.5. The van der Waals surface area contributed by atoms with Crippen molar-refractivity contribution >= 4 is 18.9 Å². The number of hydrogen-bond donors (Lipinski definition) is 2. The Bertz CT molecular complexity index is 697. The molecule has 0 amide bonds. The predicted octanol–water partition coefficient (Wildman–Crippen LogP) is 3.12. The van der Waals surface area contributed by atoms with Crippen LogP contribution in [0.4, 0.5) is 0 Å². The third kappa shape index (κ3) is 4.63. The fraction of sp³-hybridized carbons (Fsp3) is 0.389. The molecule has 1 aliphatic rings. The molecule has 0 radical (unpaired) electrons. The second-order valence-electron chi connectivity index (χ2n) is 5.65. The van der Waals surface area contributed by atoms with Gasteiger partial charge >= 0.3 is 0 Å². The largest absolute Gasteiger partial charge is 0.495 e. The van der Waals surface area contributed by atoms with Crippen LogP contribution in [0.1, 0.15) is 24.1 Å². The summed E-state index contributed by atoms with van der Waals surface area (Å²) in [5.41, 5.74) is 4.57. The molecular weight excluding hydrogens is 322 g/mol. The minimum absolute atomic E-state index is 0.852. The Balaban J connectivity index is 0.00000100. The molecule has 0 spiro atoms. The van der Waals surface area contributed by atoms with Crippen LogP contribution in [0.3, 0.4) is 0 Å². The first-order valence-corrected chi connectivity index (χ1v) is 8.33. The average Bonchev–Trinajstić information content (AvgIpc) is 3.03. The molecule has 3 rings (SSSR count). The van der Waals surface area contributed by atoms with Crippen molar-refractivity contribution in [2.45, 2.75) is 19.8 Å². The number of aryl methyl sites for hydroxylation is 1. The Kier molecular flexibility index (Phi) is 6.90. The van der Waals surface area contributed by atoms with Crippen LogP contribution in [0.15, 0.2) is 36.3 Å². The van der Waals surface area contributed by atoms with Crippen molar-refractivity contribution in [1.29, 1.82) is 0 Å². The predicted molar refractivity (Wildman–Crippen MR) is 101 cm³/mol. The van der Waals surface area contributed by atoms with Crippen molar-refractivity contribution in [2.75, 3.05) is 27.3 Å². The van der Waals surface area contributed by atoms with Crippen molar-refractivity contribution in [3.63, 3.8) is 0 Å². The highest BCUT2D eigenvalue weighted by Crippen LogP contribution is 2.27. The molecule has 2 heterocycles. The van der Waals surface area contributed by atoms with E-state index >= 15 is 0 Å². The Labute approximate surface area is 149 Å². The first-order chi connectivity index (χ1) is 11.7. The molecule has 1 N–H and O–H groups in total. The fourth-order valence-corrected chi connectivity index (χ4v) is 3.11. The van der Waals surface area contributed by atoms with Crippen molar-refractivity contribution < 1.29 is 9.84 Å². The summed E-state index contributed by atoms with van der Waals surface area (Å²) in [5, 5.41) is 7.00. The van der Waals surface area contributed by atoms with Gasteiger partial charge in [-0.1, -0.05) is 30.5 Å². The Morgan fingerprint density at radius 3 is 2.75 bits per heavy atom. The number of nitrogens with zero attached hydrogens (tertiary/aromatic N) is 3. The van der Waals surface area contributed by atoms with Gasteiger partial charge in [0.2, 0.25) is 0 Å². The summed E-state index contributed by atoms with van der Waals surface area (Å²) >= 11 is 4.45. The molecule has 130 valence electrons. The molecule has 24 heavy (non-hydrogen) atoms. The van der Waals surface area contributed by atoms with Gasteiger partial charge in [-0.2, -0.15) is 0 Å². The molecule has 1 saturated heterocycles. The topological polar surface area (TPSA) is 50.5 Å². The summed E-state index contributed by atoms with van der Waals surface area (Å²) in [6.45, 7) is 3.96. The summed E-state index contributed by atoms with van der Waals surface area (Å²) in [6, 6.07) is 6.28. The molecule has 0 bridgehead atoms. The van der Waals surface area contributed by atoms with Gasteiger partial charge in [0.25, 0.3) is 0 Å². The van der Waals surface area contributed by atoms with E-state index in [4.69, 9.17) is 9.84 Å². The van der Waals surface area contributed by atoms with Gasteiger partial charge in [0, 0.05) is 26.4 Å². The van der Waals surface area contributed by atoms with Crippen LogP contribution in [0.2, 0.25) is 0 Å². The summed E-state index contributed by atoms with van der Waals surface area (Å²) in [7, 11) is 2.70. The summed E-state index contributed by atoms with van der Waals surface area (Å²) in [6.07, 6.45) is 8.36. The highest BCUT2D eigenvalue weighted by Gasteiger charge is 2.12. The summed E-state index contributed by atoms with van der Waals surface area (Å²) in [5.74, 6) is 0.852. The van der Waals surface area contributed by atoms with E-state index in [0.717, 1.165) is 49.3 Å². The van der Waals surface area contributed by atoms with Gasteiger partial charge in [-0.05, 0) is 37.5 Å². The van der Waals surface area contributed by atoms with Crippen LogP contribution in [0.5, 0.6) is 5.75 Å². The first-order valence-electron chi connectivity index (χ1n) is 7.93. The van der Waals surface area contributed by atoms with E-state index in [2.05, 4.69) is 46.4 Å². The normalized spacial score (nSPS) is 16.6. The van der Waals surface area contributed by atoms with E-state index < -0.39 is 0 Å². The van der Waals surface area contributed by atoms with Gasteiger partial charge in [-0.15, -0.1) is 0 Å². The van der Waals surface area contributed by atoms with Gasteiger partial charge in [0.1, 0.15) is 5.75 Å². The molecule has 6 heteroatoms. The number of aliphatic hydroxyl groups is 1. The van der Waals surface area contributed by atoms with E-state index in [1.807, 2.05) is 24.0 Å². The van der Waals surface area contributed by atoms with E-state index in [9.17, 15) is 0 Å². The lowest BCUT2D eigenvalue weighted by molar-refractivity contribution is 0.399. The number of piperidine rings is 1. The van der Waals surface area contributed by atoms with Gasteiger partial charge in [-0.3, -0.25) is 0 Å². The maximum absolute atomic E-state index is 7.00. The SMILES string of the molecule is CO.COc1cc(/C=C2\CCCN(S)C2)ccc1-n1cnc(C)c1. The zero-order valence-corrected chi connectivity index (χ0v) is 15.3. The van der Waals surface area contributed by atoms with Crippen LogP contribution in [0, 0.1) is 6.92 Å². The van der Waals surface area contributed by atoms with Crippen molar-refractivity contribution in [2.24, 2.45) is 0 Å². The summed E-state index contributed by atoms with van der Waals surface area (Å²) < 4.78 is 9.61. The summed E-state index contributed by atoms with van der Waals surface area (Å²) in [4.78, 5) is 4.27. The number of thiol groups is 1. The van der Waals surface area contributed by atoms with Crippen LogP contribution >= 0.6 is 12.8 Å². The van der Waals surface area contributed by atoms with Crippen LogP contribution in [-0.2, 0) is 0 Å². The van der Waals surface area contributed by atoms with E-state index in [-0.39, 0.29) is 0 Å².